The third kappa shape index (κ3) is 3.19. The van der Waals surface area contributed by atoms with Gasteiger partial charge in [-0.05, 0) is 48.4 Å². The monoisotopic (exact) mass is 392 g/mol. The zero-order valence-electron chi connectivity index (χ0n) is 15.1. The normalized spacial score (nSPS) is 21.1. The summed E-state index contributed by atoms with van der Waals surface area (Å²) in [6.07, 6.45) is 1.98. The number of rotatable bonds is 3. The minimum atomic E-state index is -0.844. The van der Waals surface area contributed by atoms with E-state index in [9.17, 15) is 10.1 Å². The molecule has 4 rings (SSSR count). The first-order chi connectivity index (χ1) is 13.4. The predicted molar refractivity (Wildman–Crippen MR) is 105 cm³/mol. The van der Waals surface area contributed by atoms with Crippen molar-refractivity contribution in [3.63, 3.8) is 0 Å². The van der Waals surface area contributed by atoms with Crippen LogP contribution in [0.1, 0.15) is 40.2 Å². The Morgan fingerprint density at radius 3 is 2.96 bits per heavy atom. The molecule has 0 fully saturated rings. The summed E-state index contributed by atoms with van der Waals surface area (Å²) in [5.41, 5.74) is 8.15. The van der Waals surface area contributed by atoms with Gasteiger partial charge in [0.1, 0.15) is 10.6 Å². The Bertz CT molecular complexity index is 1140. The first-order valence-corrected chi connectivity index (χ1v) is 9.16. The van der Waals surface area contributed by atoms with E-state index in [-0.39, 0.29) is 12.7 Å². The number of halogens is 1. The van der Waals surface area contributed by atoms with Gasteiger partial charge in [-0.3, -0.25) is 9.78 Å². The van der Waals surface area contributed by atoms with Gasteiger partial charge in [0.2, 0.25) is 5.91 Å². The Kier molecular flexibility index (Phi) is 4.50. The number of benzene rings is 1. The molecule has 0 spiro atoms. The fraction of sp³-hybridized carbons (Fsp3) is 0.238. The number of amides is 1. The van der Waals surface area contributed by atoms with E-state index in [1.807, 2.05) is 18.2 Å². The molecule has 1 aliphatic rings. The number of hydrogen-bond acceptors (Lipinski definition) is 5. The molecule has 0 saturated carbocycles. The molecule has 140 valence electrons. The van der Waals surface area contributed by atoms with Crippen LogP contribution in [0.5, 0.6) is 0 Å². The highest BCUT2D eigenvalue weighted by Gasteiger charge is 2.38. The quantitative estimate of drug-likeness (QED) is 0.687. The molecule has 0 bridgehead atoms. The van der Waals surface area contributed by atoms with Gasteiger partial charge in [0, 0.05) is 29.3 Å². The van der Waals surface area contributed by atoms with E-state index in [4.69, 9.17) is 22.1 Å². The third-order valence-electron chi connectivity index (χ3n) is 5.09. The van der Waals surface area contributed by atoms with Crippen LogP contribution >= 0.6 is 11.6 Å². The molecule has 0 saturated heterocycles. The van der Waals surface area contributed by atoms with E-state index in [0.717, 1.165) is 27.7 Å². The molecule has 2 unspecified atom stereocenters. The standard InChI is InChI=1S/C21H17ClN4O2/c1-21(10-23)11-28-18(15-4-2-12(20(24)27)6-16(15)21)8-14-7-17-13(9-25-14)3-5-19(22)26-17/h2-7,9,18H,8,11H2,1H3,(H2,24,27). The van der Waals surface area contributed by atoms with Gasteiger partial charge in [0.25, 0.3) is 0 Å². The smallest absolute Gasteiger partial charge is 0.248 e. The van der Waals surface area contributed by atoms with Crippen LogP contribution in [0.3, 0.4) is 0 Å². The maximum atomic E-state index is 11.6. The lowest BCUT2D eigenvalue weighted by molar-refractivity contribution is 0.0154. The molecule has 6 nitrogen and oxygen atoms in total. The number of ether oxygens (including phenoxy) is 1. The number of nitriles is 1. The Morgan fingerprint density at radius 1 is 1.39 bits per heavy atom. The van der Waals surface area contributed by atoms with Crippen LogP contribution in [0.15, 0.2) is 42.6 Å². The summed E-state index contributed by atoms with van der Waals surface area (Å²) < 4.78 is 6.03. The Labute approximate surface area is 166 Å². The van der Waals surface area contributed by atoms with E-state index in [1.165, 1.54) is 0 Å². The molecule has 3 aromatic rings. The summed E-state index contributed by atoms with van der Waals surface area (Å²) in [4.78, 5) is 20.4. The van der Waals surface area contributed by atoms with Gasteiger partial charge in [-0.15, -0.1) is 0 Å². The van der Waals surface area contributed by atoms with Gasteiger partial charge < -0.3 is 10.5 Å². The number of carbonyl (C=O) groups is 1. The molecule has 0 radical (unpaired) electrons. The van der Waals surface area contributed by atoms with Crippen molar-refractivity contribution in [2.45, 2.75) is 24.9 Å². The summed E-state index contributed by atoms with van der Waals surface area (Å²) in [6, 6.07) is 13.0. The van der Waals surface area contributed by atoms with E-state index >= 15 is 0 Å². The molecule has 1 aromatic carbocycles. The Balaban J connectivity index is 1.73. The number of primary amides is 1. The first-order valence-electron chi connectivity index (χ1n) is 8.78. The molecule has 7 heteroatoms. The van der Waals surface area contributed by atoms with Crippen LogP contribution in [0.4, 0.5) is 0 Å². The number of carbonyl (C=O) groups excluding carboxylic acids is 1. The molecular weight excluding hydrogens is 376 g/mol. The van der Waals surface area contributed by atoms with E-state index in [0.29, 0.717) is 17.1 Å². The third-order valence-corrected chi connectivity index (χ3v) is 5.30. The Morgan fingerprint density at radius 2 is 2.21 bits per heavy atom. The number of nitrogens with two attached hydrogens (primary N) is 1. The van der Waals surface area contributed by atoms with Crippen molar-refractivity contribution < 1.29 is 9.53 Å². The fourth-order valence-electron chi connectivity index (χ4n) is 3.50. The highest BCUT2D eigenvalue weighted by molar-refractivity contribution is 6.29. The van der Waals surface area contributed by atoms with Crippen molar-refractivity contribution in [2.24, 2.45) is 5.73 Å². The van der Waals surface area contributed by atoms with E-state index < -0.39 is 11.3 Å². The summed E-state index contributed by atoms with van der Waals surface area (Å²) >= 11 is 5.99. The zero-order chi connectivity index (χ0) is 19.9. The summed E-state index contributed by atoms with van der Waals surface area (Å²) in [7, 11) is 0. The molecule has 1 amide bonds. The van der Waals surface area contributed by atoms with Crippen molar-refractivity contribution in [3.05, 3.63) is 70.1 Å². The summed E-state index contributed by atoms with van der Waals surface area (Å²) in [5.74, 6) is -0.523. The number of fused-ring (bicyclic) bond motifs is 2. The number of nitrogens with zero attached hydrogens (tertiary/aromatic N) is 3. The van der Waals surface area contributed by atoms with Crippen molar-refractivity contribution in [3.8, 4) is 6.07 Å². The highest BCUT2D eigenvalue weighted by atomic mass is 35.5. The second-order valence-electron chi connectivity index (χ2n) is 7.12. The van der Waals surface area contributed by atoms with Crippen LogP contribution < -0.4 is 5.73 Å². The Hall–Kier alpha value is -3.01. The van der Waals surface area contributed by atoms with Crippen molar-refractivity contribution in [1.29, 1.82) is 5.26 Å². The van der Waals surface area contributed by atoms with Crippen LogP contribution in [0, 0.1) is 11.3 Å². The number of hydrogen-bond donors (Lipinski definition) is 1. The molecule has 0 aliphatic carbocycles. The number of pyridine rings is 2. The lowest BCUT2D eigenvalue weighted by Crippen LogP contribution is -2.35. The maximum Gasteiger partial charge on any atom is 0.248 e. The molecule has 2 atom stereocenters. The van der Waals surface area contributed by atoms with Crippen molar-refractivity contribution in [1.82, 2.24) is 9.97 Å². The van der Waals surface area contributed by atoms with Gasteiger partial charge in [-0.2, -0.15) is 5.26 Å². The topological polar surface area (TPSA) is 102 Å². The van der Waals surface area contributed by atoms with Crippen LogP contribution in [-0.4, -0.2) is 22.5 Å². The average molecular weight is 393 g/mol. The van der Waals surface area contributed by atoms with E-state index in [2.05, 4.69) is 16.0 Å². The minimum absolute atomic E-state index is 0.223. The van der Waals surface area contributed by atoms with Gasteiger partial charge in [0.05, 0.1) is 24.3 Å². The summed E-state index contributed by atoms with van der Waals surface area (Å²) in [6.45, 7) is 2.02. The maximum absolute atomic E-state index is 11.6. The fourth-order valence-corrected chi connectivity index (χ4v) is 3.65. The lowest BCUT2D eigenvalue weighted by atomic mass is 9.77. The number of aromatic nitrogens is 2. The molecular formula is C21H17ClN4O2. The molecule has 2 N–H and O–H groups in total. The highest BCUT2D eigenvalue weighted by Crippen LogP contribution is 2.39. The van der Waals surface area contributed by atoms with Gasteiger partial charge >= 0.3 is 0 Å². The minimum Gasteiger partial charge on any atom is -0.371 e. The van der Waals surface area contributed by atoms with Gasteiger partial charge in [-0.25, -0.2) is 4.98 Å². The van der Waals surface area contributed by atoms with Gasteiger partial charge in [-0.1, -0.05) is 17.7 Å². The van der Waals surface area contributed by atoms with E-state index in [1.54, 1.807) is 31.3 Å². The summed E-state index contributed by atoms with van der Waals surface area (Å²) in [5, 5.41) is 11.0. The predicted octanol–water partition coefficient (Wildman–Crippen LogP) is 3.48. The second kappa shape index (κ2) is 6.86. The van der Waals surface area contributed by atoms with Crippen LogP contribution in [0.2, 0.25) is 5.15 Å². The largest absolute Gasteiger partial charge is 0.371 e. The molecule has 3 heterocycles. The van der Waals surface area contributed by atoms with Crippen molar-refractivity contribution in [2.75, 3.05) is 6.61 Å². The van der Waals surface area contributed by atoms with Crippen LogP contribution in [0.25, 0.3) is 10.9 Å². The lowest BCUT2D eigenvalue weighted by Gasteiger charge is -2.35. The zero-order valence-corrected chi connectivity index (χ0v) is 15.9. The van der Waals surface area contributed by atoms with Crippen LogP contribution in [-0.2, 0) is 16.6 Å². The first kappa shape index (κ1) is 18.4. The van der Waals surface area contributed by atoms with Gasteiger partial charge in [0.15, 0.2) is 0 Å². The van der Waals surface area contributed by atoms with Crippen molar-refractivity contribution >= 4 is 28.4 Å². The molecule has 2 aromatic heterocycles. The molecule has 28 heavy (non-hydrogen) atoms. The average Bonchev–Trinajstić information content (AvgIpc) is 2.69. The second-order valence-corrected chi connectivity index (χ2v) is 7.50. The molecule has 1 aliphatic heterocycles. The SMILES string of the molecule is CC1(C#N)COC(Cc2cc3nc(Cl)ccc3cn2)c2ccc(C(N)=O)cc21.